The van der Waals surface area contributed by atoms with Crippen LogP contribution < -0.4 is 0 Å². The monoisotopic (exact) mass is 303 g/mol. The Hall–Kier alpha value is -0.940. The maximum Gasteiger partial charge on any atom is 0.304 e. The van der Waals surface area contributed by atoms with Crippen LogP contribution in [0.15, 0.2) is 22.7 Å². The lowest BCUT2D eigenvalue weighted by Gasteiger charge is -2.24. The molecule has 0 aliphatic rings. The molecule has 0 saturated carbocycles. The molecule has 17 heavy (non-hydrogen) atoms. The summed E-state index contributed by atoms with van der Waals surface area (Å²) in [4.78, 5) is 12.4. The molecule has 0 fully saturated rings. The molecule has 1 rings (SSSR count). The van der Waals surface area contributed by atoms with Crippen LogP contribution in [0.25, 0.3) is 0 Å². The van der Waals surface area contributed by atoms with Gasteiger partial charge in [0.2, 0.25) is 0 Å². The number of carboxylic acid groups (broad SMARTS) is 1. The van der Waals surface area contributed by atoms with Crippen LogP contribution in [0.5, 0.6) is 0 Å². The van der Waals surface area contributed by atoms with Gasteiger partial charge in [0.05, 0.1) is 10.9 Å². The highest BCUT2D eigenvalue weighted by atomic mass is 79.9. The highest BCUT2D eigenvalue weighted by Gasteiger charge is 2.13. The Labute approximate surface area is 108 Å². The fraction of sp³-hybridized carbons (Fsp3) is 0.417. The van der Waals surface area contributed by atoms with E-state index in [1.807, 2.05) is 18.9 Å². The van der Waals surface area contributed by atoms with Gasteiger partial charge in [0.15, 0.2) is 0 Å². The molecule has 0 radical (unpaired) electrons. The van der Waals surface area contributed by atoms with Crippen molar-refractivity contribution in [3.63, 3.8) is 0 Å². The van der Waals surface area contributed by atoms with E-state index in [0.717, 1.165) is 5.56 Å². The third-order valence-electron chi connectivity index (χ3n) is 2.77. The van der Waals surface area contributed by atoms with Crippen molar-refractivity contribution < 1.29 is 14.3 Å². The van der Waals surface area contributed by atoms with Gasteiger partial charge in [-0.15, -0.1) is 0 Å². The van der Waals surface area contributed by atoms with Crippen LogP contribution in [0.4, 0.5) is 4.39 Å². The summed E-state index contributed by atoms with van der Waals surface area (Å²) in [6.45, 7) is 2.42. The summed E-state index contributed by atoms with van der Waals surface area (Å²) in [5.74, 6) is -1.11. The van der Waals surface area contributed by atoms with Crippen LogP contribution >= 0.6 is 15.9 Å². The molecule has 94 valence electrons. The number of hydrogen-bond acceptors (Lipinski definition) is 2. The molecule has 3 nitrogen and oxygen atoms in total. The molecule has 0 bridgehead atoms. The van der Waals surface area contributed by atoms with E-state index in [1.54, 1.807) is 12.1 Å². The number of halogens is 2. The molecule has 1 atom stereocenters. The fourth-order valence-corrected chi connectivity index (χ4v) is 1.89. The quantitative estimate of drug-likeness (QED) is 0.909. The molecule has 0 spiro atoms. The molecule has 1 aromatic carbocycles. The Kier molecular flexibility index (Phi) is 5.08. The topological polar surface area (TPSA) is 40.5 Å². The Morgan fingerprint density at radius 2 is 2.24 bits per heavy atom. The Balaban J connectivity index is 2.70. The van der Waals surface area contributed by atoms with Crippen molar-refractivity contribution in [1.82, 2.24) is 4.90 Å². The number of aliphatic carboxylic acids is 1. The van der Waals surface area contributed by atoms with Gasteiger partial charge in [-0.25, -0.2) is 4.39 Å². The van der Waals surface area contributed by atoms with Crippen molar-refractivity contribution >= 4 is 21.9 Å². The molecule has 5 heteroatoms. The summed E-state index contributed by atoms with van der Waals surface area (Å²) in [7, 11) is 1.85. The second-order valence-corrected chi connectivity index (χ2v) is 4.83. The maximum absolute atomic E-state index is 13.1. The molecule has 0 aromatic heterocycles. The summed E-state index contributed by atoms with van der Waals surface area (Å²) < 4.78 is 13.5. The first-order valence-electron chi connectivity index (χ1n) is 5.28. The third kappa shape index (κ3) is 4.09. The van der Waals surface area contributed by atoms with Gasteiger partial charge in [-0.2, -0.15) is 0 Å². The van der Waals surface area contributed by atoms with E-state index in [-0.39, 0.29) is 18.3 Å². The molecule has 1 N–H and O–H groups in total. The van der Waals surface area contributed by atoms with Crippen molar-refractivity contribution in [3.8, 4) is 0 Å². The molecule has 0 heterocycles. The Morgan fingerprint density at radius 1 is 1.59 bits per heavy atom. The van der Waals surface area contributed by atoms with E-state index in [0.29, 0.717) is 11.0 Å². The average molecular weight is 304 g/mol. The van der Waals surface area contributed by atoms with Crippen molar-refractivity contribution in [2.45, 2.75) is 19.4 Å². The maximum atomic E-state index is 13.1. The molecular weight excluding hydrogens is 289 g/mol. The van der Waals surface area contributed by atoms with Crippen LogP contribution in [0.2, 0.25) is 0 Å². The predicted octanol–water partition coefficient (Wildman–Crippen LogP) is 3.06. The lowest BCUT2D eigenvalue weighted by molar-refractivity contribution is -0.137. The Bertz CT molecular complexity index is 411. The number of nitrogens with zero attached hydrogens (tertiary/aromatic N) is 1. The second kappa shape index (κ2) is 6.12. The van der Waals surface area contributed by atoms with Gasteiger partial charge in [0.25, 0.3) is 0 Å². The zero-order chi connectivity index (χ0) is 13.0. The van der Waals surface area contributed by atoms with E-state index in [9.17, 15) is 9.18 Å². The number of benzene rings is 1. The molecule has 0 aliphatic heterocycles. The summed E-state index contributed by atoms with van der Waals surface area (Å²) in [6.07, 6.45) is 0.100. The van der Waals surface area contributed by atoms with Crippen LogP contribution in [-0.4, -0.2) is 29.6 Å². The lowest BCUT2D eigenvalue weighted by Crippen LogP contribution is -2.25. The van der Waals surface area contributed by atoms with E-state index in [1.165, 1.54) is 6.07 Å². The van der Waals surface area contributed by atoms with Gasteiger partial charge in [-0.3, -0.25) is 9.69 Å². The number of rotatable bonds is 5. The van der Waals surface area contributed by atoms with Crippen LogP contribution in [0, 0.1) is 5.82 Å². The summed E-state index contributed by atoms with van der Waals surface area (Å²) in [6, 6.07) is 4.88. The van der Waals surface area contributed by atoms with Gasteiger partial charge in [-0.1, -0.05) is 6.07 Å². The molecule has 0 aliphatic carbocycles. The van der Waals surface area contributed by atoms with E-state index in [2.05, 4.69) is 15.9 Å². The highest BCUT2D eigenvalue weighted by Crippen LogP contribution is 2.24. The first kappa shape index (κ1) is 14.1. The average Bonchev–Trinajstić information content (AvgIpc) is 2.28. The van der Waals surface area contributed by atoms with Crippen LogP contribution in [0.1, 0.15) is 24.9 Å². The van der Waals surface area contributed by atoms with Gasteiger partial charge in [0, 0.05) is 12.6 Å². The van der Waals surface area contributed by atoms with Crippen molar-refractivity contribution in [2.75, 3.05) is 13.6 Å². The third-order valence-corrected chi connectivity index (χ3v) is 3.37. The van der Waals surface area contributed by atoms with E-state index in [4.69, 9.17) is 5.11 Å². The summed E-state index contributed by atoms with van der Waals surface area (Å²) >= 11 is 3.14. The molecule has 0 amide bonds. The van der Waals surface area contributed by atoms with Gasteiger partial charge < -0.3 is 5.11 Å². The van der Waals surface area contributed by atoms with Crippen LogP contribution in [0.3, 0.4) is 0 Å². The van der Waals surface area contributed by atoms with Crippen molar-refractivity contribution in [3.05, 3.63) is 34.1 Å². The lowest BCUT2D eigenvalue weighted by atomic mass is 10.1. The van der Waals surface area contributed by atoms with Gasteiger partial charge in [-0.05, 0) is 47.6 Å². The first-order chi connectivity index (χ1) is 7.91. The summed E-state index contributed by atoms with van der Waals surface area (Å²) in [5.41, 5.74) is 0.950. The second-order valence-electron chi connectivity index (χ2n) is 3.97. The van der Waals surface area contributed by atoms with Crippen LogP contribution in [-0.2, 0) is 4.79 Å². The van der Waals surface area contributed by atoms with Gasteiger partial charge >= 0.3 is 5.97 Å². The largest absolute Gasteiger partial charge is 0.481 e. The Morgan fingerprint density at radius 3 is 2.76 bits per heavy atom. The first-order valence-corrected chi connectivity index (χ1v) is 6.08. The van der Waals surface area contributed by atoms with E-state index < -0.39 is 5.97 Å². The number of hydrogen-bond donors (Lipinski definition) is 1. The standard InChI is InChI=1S/C12H15BrFNO2/c1-8(15(2)6-5-12(16)17)9-3-4-11(14)10(13)7-9/h3-4,7-8H,5-6H2,1-2H3,(H,16,17). The SMILES string of the molecule is CC(c1ccc(F)c(Br)c1)N(C)CCC(=O)O. The highest BCUT2D eigenvalue weighted by molar-refractivity contribution is 9.10. The van der Waals surface area contributed by atoms with E-state index >= 15 is 0 Å². The zero-order valence-electron chi connectivity index (χ0n) is 9.78. The van der Waals surface area contributed by atoms with Crippen molar-refractivity contribution in [2.24, 2.45) is 0 Å². The number of carbonyl (C=O) groups is 1. The minimum absolute atomic E-state index is 0.0475. The smallest absolute Gasteiger partial charge is 0.304 e. The van der Waals surface area contributed by atoms with Gasteiger partial charge in [0.1, 0.15) is 5.82 Å². The molecular formula is C12H15BrFNO2. The molecule has 1 aromatic rings. The molecule has 1 unspecified atom stereocenters. The minimum atomic E-state index is -0.815. The predicted molar refractivity (Wildman–Crippen MR) is 67.4 cm³/mol. The minimum Gasteiger partial charge on any atom is -0.481 e. The normalized spacial score (nSPS) is 12.8. The zero-order valence-corrected chi connectivity index (χ0v) is 11.4. The summed E-state index contributed by atoms with van der Waals surface area (Å²) in [5, 5.41) is 8.61. The van der Waals surface area contributed by atoms with Crippen molar-refractivity contribution in [1.29, 1.82) is 0 Å². The molecule has 0 saturated heterocycles. The number of carboxylic acids is 1. The fourth-order valence-electron chi connectivity index (χ4n) is 1.49.